The molecule has 21 heavy (non-hydrogen) atoms. The summed E-state index contributed by atoms with van der Waals surface area (Å²) in [6, 6.07) is 5.15. The number of carbonyl (C=O) groups is 2. The Hall–Kier alpha value is -2.21. The molecular weight excluding hydrogens is 272 g/mol. The summed E-state index contributed by atoms with van der Waals surface area (Å²) in [5.41, 5.74) is 1.13. The second kappa shape index (κ2) is 5.65. The zero-order chi connectivity index (χ0) is 14.8. The molecule has 2 heterocycles. The lowest BCUT2D eigenvalue weighted by Gasteiger charge is -2.23. The quantitative estimate of drug-likeness (QED) is 0.493. The number of aromatic nitrogens is 2. The molecule has 1 aliphatic rings. The number of aldehydes is 1. The van der Waals surface area contributed by atoms with Crippen LogP contribution in [0.4, 0.5) is 0 Å². The average Bonchev–Trinajstić information content (AvgIpc) is 2.85. The Kier molecular flexibility index (Phi) is 3.70. The van der Waals surface area contributed by atoms with Crippen molar-refractivity contribution in [2.45, 2.75) is 32.4 Å². The number of carbonyl (C=O) groups excluding carboxylic acids is 2. The fraction of sp³-hybridized carbons (Fsp3) is 0.400. The monoisotopic (exact) mass is 288 g/mol. The minimum Gasteiger partial charge on any atom is -0.427 e. The molecule has 6 nitrogen and oxygen atoms in total. The van der Waals surface area contributed by atoms with Crippen molar-refractivity contribution in [3.63, 3.8) is 0 Å². The molecule has 1 aromatic carbocycles. The predicted octanol–water partition coefficient (Wildman–Crippen LogP) is 2.47. The molecule has 1 atom stereocenters. The maximum Gasteiger partial charge on any atom is 0.308 e. The summed E-state index contributed by atoms with van der Waals surface area (Å²) in [6.45, 7) is 2.04. The maximum atomic E-state index is 11.2. The van der Waals surface area contributed by atoms with E-state index in [0.29, 0.717) is 29.7 Å². The van der Waals surface area contributed by atoms with Gasteiger partial charge in [-0.15, -0.1) is 0 Å². The molecule has 2 aromatic rings. The lowest BCUT2D eigenvalue weighted by atomic mass is 10.1. The molecule has 6 heteroatoms. The number of rotatable bonds is 3. The van der Waals surface area contributed by atoms with Crippen LogP contribution in [0.15, 0.2) is 18.2 Å². The Morgan fingerprint density at radius 3 is 3.00 bits per heavy atom. The average molecular weight is 288 g/mol. The molecule has 110 valence electrons. The zero-order valence-corrected chi connectivity index (χ0v) is 11.7. The van der Waals surface area contributed by atoms with E-state index in [9.17, 15) is 9.59 Å². The Bertz CT molecular complexity index is 686. The first-order valence-corrected chi connectivity index (χ1v) is 6.96. The van der Waals surface area contributed by atoms with Crippen LogP contribution in [-0.2, 0) is 9.53 Å². The second-order valence-electron chi connectivity index (χ2n) is 5.04. The second-order valence-corrected chi connectivity index (χ2v) is 5.04. The smallest absolute Gasteiger partial charge is 0.308 e. The predicted molar refractivity (Wildman–Crippen MR) is 75.3 cm³/mol. The Labute approximate surface area is 121 Å². The number of nitrogens with zero attached hydrogens (tertiary/aromatic N) is 2. The van der Waals surface area contributed by atoms with Gasteiger partial charge in [-0.05, 0) is 37.5 Å². The van der Waals surface area contributed by atoms with E-state index in [0.717, 1.165) is 24.8 Å². The van der Waals surface area contributed by atoms with Gasteiger partial charge in [0, 0.05) is 18.9 Å². The lowest BCUT2D eigenvalue weighted by Crippen LogP contribution is -2.19. The lowest BCUT2D eigenvalue weighted by molar-refractivity contribution is -0.131. The van der Waals surface area contributed by atoms with E-state index in [1.807, 2.05) is 0 Å². The molecule has 1 saturated heterocycles. The molecule has 1 aliphatic heterocycles. The van der Waals surface area contributed by atoms with Gasteiger partial charge in [0.1, 0.15) is 11.4 Å². The summed E-state index contributed by atoms with van der Waals surface area (Å²) in [4.78, 5) is 22.2. The highest BCUT2D eigenvalue weighted by Crippen LogP contribution is 2.29. The van der Waals surface area contributed by atoms with E-state index in [1.165, 1.54) is 6.92 Å². The molecule has 3 rings (SSSR count). The molecule has 1 aromatic heterocycles. The molecular formula is C15H16N2O4. The number of hydrogen-bond acceptors (Lipinski definition) is 5. The molecule has 0 spiro atoms. The van der Waals surface area contributed by atoms with Gasteiger partial charge in [0.15, 0.2) is 12.5 Å². The third-order valence-corrected chi connectivity index (χ3v) is 3.51. The number of hydrogen-bond donors (Lipinski definition) is 0. The summed E-state index contributed by atoms with van der Waals surface area (Å²) in [6.07, 6.45) is 3.57. The highest BCUT2D eigenvalue weighted by molar-refractivity contribution is 5.96. The Balaban J connectivity index is 2.05. The Morgan fingerprint density at radius 2 is 2.33 bits per heavy atom. The van der Waals surface area contributed by atoms with Gasteiger partial charge in [-0.3, -0.25) is 9.59 Å². The van der Waals surface area contributed by atoms with Gasteiger partial charge >= 0.3 is 5.97 Å². The Morgan fingerprint density at radius 1 is 1.48 bits per heavy atom. The van der Waals surface area contributed by atoms with Gasteiger partial charge in [-0.2, -0.15) is 5.10 Å². The van der Waals surface area contributed by atoms with Gasteiger partial charge in [-0.1, -0.05) is 0 Å². The number of benzene rings is 1. The number of ether oxygens (including phenoxy) is 2. The molecule has 0 aliphatic carbocycles. The van der Waals surface area contributed by atoms with Crippen molar-refractivity contribution in [2.24, 2.45) is 0 Å². The molecule has 1 fully saturated rings. The van der Waals surface area contributed by atoms with Crippen LogP contribution in [0.25, 0.3) is 10.9 Å². The van der Waals surface area contributed by atoms with Crippen LogP contribution in [0.5, 0.6) is 5.75 Å². The molecule has 0 saturated carbocycles. The van der Waals surface area contributed by atoms with Gasteiger partial charge in [-0.25, -0.2) is 4.68 Å². The van der Waals surface area contributed by atoms with Gasteiger partial charge in [0.2, 0.25) is 0 Å². The highest BCUT2D eigenvalue weighted by atomic mass is 16.5. The standard InChI is InChI=1S/C15H16N2O4/c1-10(19)21-11-5-6-14-12(8-11)13(9-18)16-17(14)15-4-2-3-7-20-15/h5-6,8-9,15H,2-4,7H2,1H3. The summed E-state index contributed by atoms with van der Waals surface area (Å²) in [7, 11) is 0. The zero-order valence-electron chi connectivity index (χ0n) is 11.7. The van der Waals surface area contributed by atoms with Crippen LogP contribution in [0, 0.1) is 0 Å². The van der Waals surface area contributed by atoms with E-state index >= 15 is 0 Å². The van der Waals surface area contributed by atoms with Crippen LogP contribution in [0.3, 0.4) is 0 Å². The maximum absolute atomic E-state index is 11.2. The largest absolute Gasteiger partial charge is 0.427 e. The van der Waals surface area contributed by atoms with E-state index in [2.05, 4.69) is 5.10 Å². The first kappa shape index (κ1) is 13.8. The van der Waals surface area contributed by atoms with Crippen LogP contribution in [0.2, 0.25) is 0 Å². The summed E-state index contributed by atoms with van der Waals surface area (Å²) < 4.78 is 12.5. The molecule has 0 N–H and O–H groups in total. The van der Waals surface area contributed by atoms with E-state index < -0.39 is 5.97 Å². The minimum absolute atomic E-state index is 0.144. The van der Waals surface area contributed by atoms with Crippen molar-refractivity contribution < 1.29 is 19.1 Å². The molecule has 0 radical (unpaired) electrons. The first-order valence-electron chi connectivity index (χ1n) is 6.96. The number of esters is 1. The van der Waals surface area contributed by atoms with Crippen LogP contribution in [-0.4, -0.2) is 28.6 Å². The summed E-state index contributed by atoms with van der Waals surface area (Å²) >= 11 is 0. The fourth-order valence-corrected chi connectivity index (χ4v) is 2.60. The van der Waals surface area contributed by atoms with Crippen molar-refractivity contribution in [3.8, 4) is 5.75 Å². The van der Waals surface area contributed by atoms with E-state index in [1.54, 1.807) is 22.9 Å². The van der Waals surface area contributed by atoms with Crippen molar-refractivity contribution in [1.29, 1.82) is 0 Å². The number of fused-ring (bicyclic) bond motifs is 1. The third-order valence-electron chi connectivity index (χ3n) is 3.51. The fourth-order valence-electron chi connectivity index (χ4n) is 2.60. The SMILES string of the molecule is CC(=O)Oc1ccc2c(c1)c(C=O)nn2C1CCCCO1. The van der Waals surface area contributed by atoms with Gasteiger partial charge < -0.3 is 9.47 Å². The van der Waals surface area contributed by atoms with Crippen molar-refractivity contribution in [1.82, 2.24) is 9.78 Å². The van der Waals surface area contributed by atoms with Crippen LogP contribution >= 0.6 is 0 Å². The first-order chi connectivity index (χ1) is 10.2. The molecule has 0 bridgehead atoms. The highest BCUT2D eigenvalue weighted by Gasteiger charge is 2.21. The normalized spacial score (nSPS) is 18.6. The van der Waals surface area contributed by atoms with Crippen molar-refractivity contribution >= 4 is 23.2 Å². The topological polar surface area (TPSA) is 70.4 Å². The van der Waals surface area contributed by atoms with Crippen molar-refractivity contribution in [3.05, 3.63) is 23.9 Å². The van der Waals surface area contributed by atoms with Crippen molar-refractivity contribution in [2.75, 3.05) is 6.61 Å². The minimum atomic E-state index is -0.398. The summed E-state index contributed by atoms with van der Waals surface area (Å²) in [5.74, 6) is 0.00669. The van der Waals surface area contributed by atoms with E-state index in [4.69, 9.17) is 9.47 Å². The van der Waals surface area contributed by atoms with Crippen LogP contribution < -0.4 is 4.74 Å². The van der Waals surface area contributed by atoms with E-state index in [-0.39, 0.29) is 6.23 Å². The third kappa shape index (κ3) is 2.67. The van der Waals surface area contributed by atoms with Gasteiger partial charge in [0.25, 0.3) is 0 Å². The summed E-state index contributed by atoms with van der Waals surface area (Å²) in [5, 5.41) is 5.00. The van der Waals surface area contributed by atoms with Crippen LogP contribution in [0.1, 0.15) is 42.9 Å². The van der Waals surface area contributed by atoms with Gasteiger partial charge in [0.05, 0.1) is 5.52 Å². The molecule has 0 amide bonds. The molecule has 1 unspecified atom stereocenters.